The molecule has 0 aromatic heterocycles. The van der Waals surface area contributed by atoms with Gasteiger partial charge in [-0.05, 0) is 26.8 Å². The van der Waals surface area contributed by atoms with Gasteiger partial charge in [-0.15, -0.1) is 0 Å². The van der Waals surface area contributed by atoms with E-state index >= 15 is 0 Å². The number of carbonyl (C=O) groups excluding carboxylic acids is 1. The van der Waals surface area contributed by atoms with Crippen molar-refractivity contribution < 1.29 is 9.53 Å². The molecule has 0 aromatic rings. The molecule has 1 aliphatic carbocycles. The van der Waals surface area contributed by atoms with Gasteiger partial charge >= 0.3 is 5.97 Å². The van der Waals surface area contributed by atoms with Crippen LogP contribution in [0.2, 0.25) is 0 Å². The summed E-state index contributed by atoms with van der Waals surface area (Å²) in [5, 5.41) is 3.45. The maximum Gasteiger partial charge on any atom is 0.327 e. The lowest BCUT2D eigenvalue weighted by Crippen LogP contribution is -2.60. The molecular formula is C13H25N3O2. The number of hydrogen-bond acceptors (Lipinski definition) is 5. The van der Waals surface area contributed by atoms with E-state index in [4.69, 9.17) is 4.74 Å². The number of ether oxygens (including phenoxy) is 1. The van der Waals surface area contributed by atoms with Gasteiger partial charge in [-0.3, -0.25) is 15.0 Å². The molecule has 0 bridgehead atoms. The Morgan fingerprint density at radius 3 is 2.44 bits per heavy atom. The highest BCUT2D eigenvalue weighted by molar-refractivity contribution is 5.80. The Morgan fingerprint density at radius 2 is 1.94 bits per heavy atom. The van der Waals surface area contributed by atoms with E-state index in [-0.39, 0.29) is 5.97 Å². The van der Waals surface area contributed by atoms with E-state index < -0.39 is 5.54 Å². The highest BCUT2D eigenvalue weighted by atomic mass is 16.5. The van der Waals surface area contributed by atoms with Gasteiger partial charge in [-0.25, -0.2) is 0 Å². The molecular weight excluding hydrogens is 230 g/mol. The number of nitrogens with zero attached hydrogens (tertiary/aromatic N) is 2. The van der Waals surface area contributed by atoms with Gasteiger partial charge < -0.3 is 9.64 Å². The molecule has 1 aliphatic heterocycles. The quantitative estimate of drug-likeness (QED) is 0.696. The lowest BCUT2D eigenvalue weighted by molar-refractivity contribution is -0.149. The zero-order valence-electron chi connectivity index (χ0n) is 11.7. The maximum atomic E-state index is 12.0. The molecule has 5 nitrogen and oxygen atoms in total. The number of carbonyl (C=O) groups is 1. The third kappa shape index (κ3) is 3.43. The van der Waals surface area contributed by atoms with Crippen molar-refractivity contribution in [2.45, 2.75) is 31.3 Å². The van der Waals surface area contributed by atoms with Gasteiger partial charge in [0.1, 0.15) is 5.54 Å². The van der Waals surface area contributed by atoms with Crippen LogP contribution in [0.4, 0.5) is 0 Å². The molecule has 0 aromatic carbocycles. The van der Waals surface area contributed by atoms with Crippen LogP contribution >= 0.6 is 0 Å². The van der Waals surface area contributed by atoms with Crippen molar-refractivity contribution in [3.63, 3.8) is 0 Å². The summed E-state index contributed by atoms with van der Waals surface area (Å²) >= 11 is 0. The Kier molecular flexibility index (Phi) is 4.25. The Labute approximate surface area is 109 Å². The SMILES string of the molecule is COC(=O)C(C)(CN1CCN(C)CC1)NC1CC1. The van der Waals surface area contributed by atoms with Crippen molar-refractivity contribution in [2.75, 3.05) is 46.9 Å². The van der Waals surface area contributed by atoms with Gasteiger partial charge in [0.25, 0.3) is 0 Å². The van der Waals surface area contributed by atoms with Crippen LogP contribution in [-0.2, 0) is 9.53 Å². The Bertz CT molecular complexity index is 299. The Morgan fingerprint density at radius 1 is 1.33 bits per heavy atom. The topological polar surface area (TPSA) is 44.8 Å². The summed E-state index contributed by atoms with van der Waals surface area (Å²) in [6.07, 6.45) is 2.35. The maximum absolute atomic E-state index is 12.0. The molecule has 1 saturated carbocycles. The van der Waals surface area contributed by atoms with Gasteiger partial charge in [0.2, 0.25) is 0 Å². The summed E-state index contributed by atoms with van der Waals surface area (Å²) in [6, 6.07) is 0.501. The van der Waals surface area contributed by atoms with Gasteiger partial charge in [-0.2, -0.15) is 0 Å². The summed E-state index contributed by atoms with van der Waals surface area (Å²) in [4.78, 5) is 16.7. The number of nitrogens with one attached hydrogen (secondary N) is 1. The van der Waals surface area contributed by atoms with Crippen molar-refractivity contribution in [1.29, 1.82) is 0 Å². The number of rotatable bonds is 5. The minimum absolute atomic E-state index is 0.145. The van der Waals surface area contributed by atoms with Crippen LogP contribution in [0.1, 0.15) is 19.8 Å². The third-order valence-corrected chi connectivity index (χ3v) is 3.87. The smallest absolute Gasteiger partial charge is 0.327 e. The molecule has 0 radical (unpaired) electrons. The first-order chi connectivity index (χ1) is 8.53. The summed E-state index contributed by atoms with van der Waals surface area (Å²) in [5.41, 5.74) is -0.564. The fourth-order valence-corrected chi connectivity index (χ4v) is 2.53. The molecule has 2 fully saturated rings. The number of likely N-dealkylation sites (N-methyl/N-ethyl adjacent to an activating group) is 1. The molecule has 2 rings (SSSR count). The fourth-order valence-electron chi connectivity index (χ4n) is 2.53. The van der Waals surface area contributed by atoms with E-state index in [2.05, 4.69) is 22.2 Å². The van der Waals surface area contributed by atoms with E-state index in [0.29, 0.717) is 6.04 Å². The fraction of sp³-hybridized carbons (Fsp3) is 0.923. The van der Waals surface area contributed by atoms with Gasteiger partial charge in [0.15, 0.2) is 0 Å². The zero-order chi connectivity index (χ0) is 13.2. The second-order valence-electron chi connectivity index (χ2n) is 5.82. The van der Waals surface area contributed by atoms with Crippen LogP contribution in [0.5, 0.6) is 0 Å². The first-order valence-electron chi connectivity index (χ1n) is 6.80. The minimum Gasteiger partial charge on any atom is -0.468 e. The lowest BCUT2D eigenvalue weighted by Gasteiger charge is -2.38. The number of esters is 1. The second kappa shape index (κ2) is 5.55. The summed E-state index contributed by atoms with van der Waals surface area (Å²) < 4.78 is 4.97. The third-order valence-electron chi connectivity index (χ3n) is 3.87. The van der Waals surface area contributed by atoms with Crippen LogP contribution < -0.4 is 5.32 Å². The van der Waals surface area contributed by atoms with E-state index in [1.54, 1.807) is 0 Å². The van der Waals surface area contributed by atoms with Crippen LogP contribution in [0.3, 0.4) is 0 Å². The standard InChI is InChI=1S/C13H25N3O2/c1-13(12(17)18-3,14-11-4-5-11)10-16-8-6-15(2)7-9-16/h11,14H,4-10H2,1-3H3. The summed E-state index contributed by atoms with van der Waals surface area (Å²) in [5.74, 6) is -0.145. The predicted octanol–water partition coefficient (Wildman–Crippen LogP) is -0.0825. The Hall–Kier alpha value is -0.650. The van der Waals surface area contributed by atoms with Crippen LogP contribution in [0.25, 0.3) is 0 Å². The first-order valence-corrected chi connectivity index (χ1v) is 6.80. The van der Waals surface area contributed by atoms with Crippen molar-refractivity contribution in [2.24, 2.45) is 0 Å². The van der Waals surface area contributed by atoms with Crippen LogP contribution in [0, 0.1) is 0 Å². The molecule has 1 unspecified atom stereocenters. The largest absolute Gasteiger partial charge is 0.468 e. The van der Waals surface area contributed by atoms with Crippen LogP contribution in [0.15, 0.2) is 0 Å². The highest BCUT2D eigenvalue weighted by Gasteiger charge is 2.40. The molecule has 0 spiro atoms. The van der Waals surface area contributed by atoms with Gasteiger partial charge in [-0.1, -0.05) is 0 Å². The molecule has 18 heavy (non-hydrogen) atoms. The molecule has 104 valence electrons. The van der Waals surface area contributed by atoms with E-state index in [9.17, 15) is 4.79 Å². The van der Waals surface area contributed by atoms with Crippen molar-refractivity contribution in [3.05, 3.63) is 0 Å². The molecule has 1 atom stereocenters. The number of hydrogen-bond donors (Lipinski definition) is 1. The first kappa shape index (κ1) is 13.8. The average molecular weight is 255 g/mol. The van der Waals surface area contributed by atoms with Crippen molar-refractivity contribution in [3.8, 4) is 0 Å². The van der Waals surface area contributed by atoms with Crippen LogP contribution in [-0.4, -0.2) is 74.2 Å². The molecule has 0 amide bonds. The zero-order valence-corrected chi connectivity index (χ0v) is 11.7. The lowest BCUT2D eigenvalue weighted by atomic mass is 10.0. The van der Waals surface area contributed by atoms with E-state index in [1.807, 2.05) is 6.92 Å². The molecule has 2 aliphatic rings. The van der Waals surface area contributed by atoms with Crippen molar-refractivity contribution >= 4 is 5.97 Å². The summed E-state index contributed by atoms with van der Waals surface area (Å²) in [6.45, 7) is 6.89. The number of piperazine rings is 1. The Balaban J connectivity index is 1.93. The molecule has 5 heteroatoms. The van der Waals surface area contributed by atoms with Gasteiger partial charge in [0.05, 0.1) is 7.11 Å². The summed E-state index contributed by atoms with van der Waals surface area (Å²) in [7, 11) is 3.61. The van der Waals surface area contributed by atoms with E-state index in [0.717, 1.165) is 32.7 Å². The second-order valence-corrected chi connectivity index (χ2v) is 5.82. The normalized spacial score (nSPS) is 25.7. The molecule has 1 saturated heterocycles. The van der Waals surface area contributed by atoms with Crippen molar-refractivity contribution in [1.82, 2.24) is 15.1 Å². The molecule has 1 N–H and O–H groups in total. The monoisotopic (exact) mass is 255 g/mol. The minimum atomic E-state index is -0.564. The van der Waals surface area contributed by atoms with Gasteiger partial charge in [0, 0.05) is 38.8 Å². The number of methoxy groups -OCH3 is 1. The molecule has 1 heterocycles. The van der Waals surface area contributed by atoms with E-state index in [1.165, 1.54) is 20.0 Å². The highest BCUT2D eigenvalue weighted by Crippen LogP contribution is 2.24. The average Bonchev–Trinajstić information content (AvgIpc) is 3.14. The predicted molar refractivity (Wildman–Crippen MR) is 70.5 cm³/mol.